The van der Waals surface area contributed by atoms with Gasteiger partial charge in [0.2, 0.25) is 0 Å². The van der Waals surface area contributed by atoms with Gasteiger partial charge in [0.25, 0.3) is 0 Å². The maximum absolute atomic E-state index is 11.2. The lowest BCUT2D eigenvalue weighted by atomic mass is 10.0. The molecule has 0 rings (SSSR count). The Morgan fingerprint density at radius 3 is 2.33 bits per heavy atom. The molecule has 12 heavy (non-hydrogen) atoms. The molecule has 3 heteroatoms. The molecule has 0 aliphatic rings. The maximum atomic E-state index is 11.2. The molecule has 0 aromatic carbocycles. The second-order valence-electron chi connectivity index (χ2n) is 2.90. The van der Waals surface area contributed by atoms with Crippen molar-refractivity contribution in [2.75, 3.05) is 7.05 Å². The monoisotopic (exact) mass is 171 g/mol. The van der Waals surface area contributed by atoms with E-state index < -0.39 is 0 Å². The Balaban J connectivity index is 3.83. The SMILES string of the molecule is CCC(=O)C(CCC(C)=O)NC. The topological polar surface area (TPSA) is 46.2 Å². The third-order valence-corrected chi connectivity index (χ3v) is 1.87. The minimum atomic E-state index is -0.140. The Labute approximate surface area is 73.5 Å². The quantitative estimate of drug-likeness (QED) is 0.646. The van der Waals surface area contributed by atoms with Crippen LogP contribution in [0.3, 0.4) is 0 Å². The van der Waals surface area contributed by atoms with Crippen LogP contribution in [-0.2, 0) is 9.59 Å². The summed E-state index contributed by atoms with van der Waals surface area (Å²) in [5.74, 6) is 0.318. The van der Waals surface area contributed by atoms with E-state index in [0.29, 0.717) is 19.3 Å². The van der Waals surface area contributed by atoms with Gasteiger partial charge in [-0.05, 0) is 20.4 Å². The van der Waals surface area contributed by atoms with Crippen molar-refractivity contribution in [3.05, 3.63) is 0 Å². The number of hydrogen-bond acceptors (Lipinski definition) is 3. The van der Waals surface area contributed by atoms with E-state index in [2.05, 4.69) is 5.32 Å². The molecule has 1 N–H and O–H groups in total. The molecule has 0 heterocycles. The third kappa shape index (κ3) is 4.23. The van der Waals surface area contributed by atoms with Crippen LogP contribution < -0.4 is 5.32 Å². The van der Waals surface area contributed by atoms with Gasteiger partial charge in [0.1, 0.15) is 11.6 Å². The fourth-order valence-corrected chi connectivity index (χ4v) is 1.06. The summed E-state index contributed by atoms with van der Waals surface area (Å²) in [4.78, 5) is 21.8. The molecule has 0 aromatic rings. The van der Waals surface area contributed by atoms with Crippen molar-refractivity contribution < 1.29 is 9.59 Å². The van der Waals surface area contributed by atoms with Crippen molar-refractivity contribution in [1.82, 2.24) is 5.32 Å². The van der Waals surface area contributed by atoms with Gasteiger partial charge in [-0.1, -0.05) is 6.92 Å². The number of hydrogen-bond donors (Lipinski definition) is 1. The fourth-order valence-electron chi connectivity index (χ4n) is 1.06. The highest BCUT2D eigenvalue weighted by Gasteiger charge is 2.13. The zero-order valence-electron chi connectivity index (χ0n) is 8.02. The van der Waals surface area contributed by atoms with Gasteiger partial charge in [0.15, 0.2) is 0 Å². The molecule has 0 aliphatic carbocycles. The summed E-state index contributed by atoms with van der Waals surface area (Å²) in [6.45, 7) is 3.38. The van der Waals surface area contributed by atoms with Gasteiger partial charge in [0.05, 0.1) is 6.04 Å². The van der Waals surface area contributed by atoms with Crippen molar-refractivity contribution in [1.29, 1.82) is 0 Å². The van der Waals surface area contributed by atoms with Crippen LogP contribution in [0.15, 0.2) is 0 Å². The molecule has 0 fully saturated rings. The predicted molar refractivity (Wildman–Crippen MR) is 48.1 cm³/mol. The van der Waals surface area contributed by atoms with Crippen molar-refractivity contribution in [2.24, 2.45) is 0 Å². The normalized spacial score (nSPS) is 12.6. The average molecular weight is 171 g/mol. The van der Waals surface area contributed by atoms with Crippen molar-refractivity contribution in [2.45, 2.75) is 39.2 Å². The first-order valence-corrected chi connectivity index (χ1v) is 4.31. The molecular weight excluding hydrogens is 154 g/mol. The average Bonchev–Trinajstić information content (AvgIpc) is 2.04. The third-order valence-electron chi connectivity index (χ3n) is 1.87. The van der Waals surface area contributed by atoms with Crippen LogP contribution in [0.2, 0.25) is 0 Å². The molecule has 0 bridgehead atoms. The van der Waals surface area contributed by atoms with Crippen LogP contribution in [0, 0.1) is 0 Å². The lowest BCUT2D eigenvalue weighted by Gasteiger charge is -2.12. The molecule has 0 saturated heterocycles. The zero-order chi connectivity index (χ0) is 9.56. The van der Waals surface area contributed by atoms with Gasteiger partial charge in [-0.2, -0.15) is 0 Å². The van der Waals surface area contributed by atoms with Crippen LogP contribution in [0.4, 0.5) is 0 Å². The van der Waals surface area contributed by atoms with Crippen LogP contribution in [0.1, 0.15) is 33.1 Å². The van der Waals surface area contributed by atoms with E-state index >= 15 is 0 Å². The maximum Gasteiger partial charge on any atom is 0.149 e. The summed E-state index contributed by atoms with van der Waals surface area (Å²) in [6, 6.07) is -0.140. The van der Waals surface area contributed by atoms with E-state index in [1.807, 2.05) is 6.92 Å². The van der Waals surface area contributed by atoms with Gasteiger partial charge in [-0.15, -0.1) is 0 Å². The minimum Gasteiger partial charge on any atom is -0.311 e. The molecule has 3 nitrogen and oxygen atoms in total. The molecule has 1 atom stereocenters. The van der Waals surface area contributed by atoms with E-state index in [4.69, 9.17) is 0 Å². The fraction of sp³-hybridized carbons (Fsp3) is 0.778. The highest BCUT2D eigenvalue weighted by atomic mass is 16.1. The highest BCUT2D eigenvalue weighted by molar-refractivity contribution is 5.84. The second-order valence-corrected chi connectivity index (χ2v) is 2.90. The first-order valence-electron chi connectivity index (χ1n) is 4.31. The first kappa shape index (κ1) is 11.3. The van der Waals surface area contributed by atoms with Crippen LogP contribution in [0.25, 0.3) is 0 Å². The molecule has 0 amide bonds. The van der Waals surface area contributed by atoms with E-state index in [1.165, 1.54) is 0 Å². The summed E-state index contributed by atoms with van der Waals surface area (Å²) in [5.41, 5.74) is 0. The van der Waals surface area contributed by atoms with Crippen LogP contribution in [0.5, 0.6) is 0 Å². The first-order chi connectivity index (χ1) is 5.61. The summed E-state index contributed by atoms with van der Waals surface area (Å²) in [6.07, 6.45) is 1.64. The highest BCUT2D eigenvalue weighted by Crippen LogP contribution is 2.01. The Morgan fingerprint density at radius 1 is 1.42 bits per heavy atom. The molecule has 0 radical (unpaired) electrons. The van der Waals surface area contributed by atoms with Crippen molar-refractivity contribution >= 4 is 11.6 Å². The van der Waals surface area contributed by atoms with Gasteiger partial charge in [-0.25, -0.2) is 0 Å². The van der Waals surface area contributed by atoms with Gasteiger partial charge in [0, 0.05) is 12.8 Å². The lowest BCUT2D eigenvalue weighted by Crippen LogP contribution is -2.33. The van der Waals surface area contributed by atoms with Gasteiger partial charge in [-0.3, -0.25) is 4.79 Å². The molecule has 0 aromatic heterocycles. The molecule has 0 aliphatic heterocycles. The van der Waals surface area contributed by atoms with E-state index in [0.717, 1.165) is 0 Å². The summed E-state index contributed by atoms with van der Waals surface area (Å²) in [5, 5.41) is 2.91. The largest absolute Gasteiger partial charge is 0.311 e. The van der Waals surface area contributed by atoms with Crippen molar-refractivity contribution in [3.63, 3.8) is 0 Å². The van der Waals surface area contributed by atoms with E-state index in [1.54, 1.807) is 14.0 Å². The van der Waals surface area contributed by atoms with Gasteiger partial charge >= 0.3 is 0 Å². The van der Waals surface area contributed by atoms with Crippen LogP contribution in [-0.4, -0.2) is 24.7 Å². The number of likely N-dealkylation sites (N-methyl/N-ethyl adjacent to an activating group) is 1. The number of Topliss-reactive ketones (excluding diaryl/α,β-unsaturated/α-hetero) is 2. The Kier molecular flexibility index (Phi) is 5.54. The Hall–Kier alpha value is -0.700. The Morgan fingerprint density at radius 2 is 2.00 bits per heavy atom. The summed E-state index contributed by atoms with van der Waals surface area (Å²) >= 11 is 0. The number of carbonyl (C=O) groups is 2. The minimum absolute atomic E-state index is 0.138. The van der Waals surface area contributed by atoms with E-state index in [-0.39, 0.29) is 17.6 Å². The standard InChI is InChI=1S/C9H17NO2/c1-4-9(12)8(10-3)6-5-7(2)11/h8,10H,4-6H2,1-3H3. The molecular formula is C9H17NO2. The van der Waals surface area contributed by atoms with Crippen molar-refractivity contribution in [3.8, 4) is 0 Å². The molecule has 70 valence electrons. The van der Waals surface area contributed by atoms with Crippen LogP contribution >= 0.6 is 0 Å². The second kappa shape index (κ2) is 5.89. The molecule has 0 saturated carbocycles. The predicted octanol–water partition coefficient (Wildman–Crippen LogP) is 0.923. The summed E-state index contributed by atoms with van der Waals surface area (Å²) < 4.78 is 0. The van der Waals surface area contributed by atoms with E-state index in [9.17, 15) is 9.59 Å². The Bertz CT molecular complexity index is 166. The molecule has 0 spiro atoms. The smallest absolute Gasteiger partial charge is 0.149 e. The summed E-state index contributed by atoms with van der Waals surface area (Å²) in [7, 11) is 1.75. The van der Waals surface area contributed by atoms with Gasteiger partial charge < -0.3 is 10.1 Å². The number of carbonyl (C=O) groups excluding carboxylic acids is 2. The zero-order valence-corrected chi connectivity index (χ0v) is 8.02. The lowest BCUT2D eigenvalue weighted by molar-refractivity contribution is -0.121. The molecule has 1 unspecified atom stereocenters. The number of ketones is 2. The number of rotatable bonds is 6. The number of nitrogens with one attached hydrogen (secondary N) is 1.